The Balaban J connectivity index is 1.96. The molecule has 0 radical (unpaired) electrons. The van der Waals surface area contributed by atoms with Crippen LogP contribution >= 0.6 is 22.9 Å². The zero-order chi connectivity index (χ0) is 29.5. The van der Waals surface area contributed by atoms with Crippen molar-refractivity contribution in [2.24, 2.45) is 4.99 Å². The van der Waals surface area contributed by atoms with Crippen molar-refractivity contribution < 1.29 is 28.5 Å². The van der Waals surface area contributed by atoms with E-state index in [1.54, 1.807) is 43.3 Å². The van der Waals surface area contributed by atoms with Crippen molar-refractivity contribution in [3.63, 3.8) is 0 Å². The fourth-order valence-electron chi connectivity index (χ4n) is 4.50. The van der Waals surface area contributed by atoms with Crippen LogP contribution in [0.25, 0.3) is 6.08 Å². The van der Waals surface area contributed by atoms with Gasteiger partial charge >= 0.3 is 5.97 Å². The molecule has 1 aliphatic rings. The summed E-state index contributed by atoms with van der Waals surface area (Å²) in [4.78, 5) is 32.7. The maximum absolute atomic E-state index is 14.1. The normalized spacial score (nSPS) is 14.9. The molecule has 0 saturated heterocycles. The molecule has 4 rings (SSSR count). The number of esters is 1. The zero-order valence-corrected chi connectivity index (χ0v) is 25.3. The molecule has 9 nitrogen and oxygen atoms in total. The van der Waals surface area contributed by atoms with Crippen LogP contribution in [0.4, 0.5) is 0 Å². The number of ether oxygens (including phenoxy) is 5. The Kier molecular flexibility index (Phi) is 10.3. The van der Waals surface area contributed by atoms with Crippen LogP contribution in [0.2, 0.25) is 5.02 Å². The van der Waals surface area contributed by atoms with Crippen LogP contribution in [-0.2, 0) is 14.3 Å². The summed E-state index contributed by atoms with van der Waals surface area (Å²) < 4.78 is 29.9. The molecule has 0 unspecified atom stereocenters. The zero-order valence-electron chi connectivity index (χ0n) is 23.7. The van der Waals surface area contributed by atoms with E-state index in [-0.39, 0.29) is 24.3 Å². The van der Waals surface area contributed by atoms with Gasteiger partial charge in [0.2, 0.25) is 0 Å². The number of hydrogen-bond donors (Lipinski definition) is 0. The highest BCUT2D eigenvalue weighted by Crippen LogP contribution is 2.40. The lowest BCUT2D eigenvalue weighted by Gasteiger charge is -2.27. The molecule has 2 heterocycles. The lowest BCUT2D eigenvalue weighted by Crippen LogP contribution is -2.40. The van der Waals surface area contributed by atoms with Crippen LogP contribution in [-0.4, -0.2) is 51.2 Å². The molecule has 0 fully saturated rings. The highest BCUT2D eigenvalue weighted by atomic mass is 35.5. The number of para-hydroxylation sites is 1. The molecular formula is C30H33ClN2O7S. The minimum atomic E-state index is -0.879. The van der Waals surface area contributed by atoms with Crippen molar-refractivity contribution >= 4 is 35.0 Å². The first-order chi connectivity index (χ1) is 19.8. The predicted octanol–water partition coefficient (Wildman–Crippen LogP) is 4.27. The van der Waals surface area contributed by atoms with Gasteiger partial charge in [0.05, 0.1) is 42.7 Å². The highest BCUT2D eigenvalue weighted by Gasteiger charge is 2.36. The number of hydrogen-bond acceptors (Lipinski definition) is 9. The Hall–Kier alpha value is -3.60. The van der Waals surface area contributed by atoms with Crippen molar-refractivity contribution in [2.75, 3.05) is 40.6 Å². The summed E-state index contributed by atoms with van der Waals surface area (Å²) >= 11 is 7.51. The van der Waals surface area contributed by atoms with Gasteiger partial charge in [-0.3, -0.25) is 9.36 Å². The SMILES string of the molecule is CCCOc1ccc(Cl)cc1/C=c1/sc2n(c1=O)[C@H](c1cccc(OC)c1OCC)C(C(=O)OCCOC)=C(C)N=2. The van der Waals surface area contributed by atoms with Gasteiger partial charge in [-0.25, -0.2) is 9.79 Å². The fraction of sp³-hybridized carbons (Fsp3) is 0.367. The molecule has 0 N–H and O–H groups in total. The number of fused-ring (bicyclic) bond motifs is 1. The van der Waals surface area contributed by atoms with Gasteiger partial charge in [0.15, 0.2) is 16.3 Å². The average Bonchev–Trinajstić information content (AvgIpc) is 3.26. The van der Waals surface area contributed by atoms with Crippen molar-refractivity contribution in [1.29, 1.82) is 0 Å². The van der Waals surface area contributed by atoms with Gasteiger partial charge in [0.1, 0.15) is 18.4 Å². The topological polar surface area (TPSA) is 97.6 Å². The van der Waals surface area contributed by atoms with E-state index in [2.05, 4.69) is 4.99 Å². The largest absolute Gasteiger partial charge is 0.493 e. The molecule has 1 aromatic heterocycles. The van der Waals surface area contributed by atoms with E-state index >= 15 is 0 Å². The summed E-state index contributed by atoms with van der Waals surface area (Å²) in [6.07, 6.45) is 2.57. The summed E-state index contributed by atoms with van der Waals surface area (Å²) in [7, 11) is 3.06. The fourth-order valence-corrected chi connectivity index (χ4v) is 5.71. The Labute approximate surface area is 247 Å². The van der Waals surface area contributed by atoms with E-state index in [1.165, 1.54) is 30.1 Å². The van der Waals surface area contributed by atoms with E-state index in [4.69, 9.17) is 35.3 Å². The third-order valence-corrected chi connectivity index (χ3v) is 7.51. The summed E-state index contributed by atoms with van der Waals surface area (Å²) in [5.74, 6) is 0.922. The molecule has 0 saturated carbocycles. The quantitative estimate of drug-likeness (QED) is 0.226. The van der Waals surface area contributed by atoms with Gasteiger partial charge in [0, 0.05) is 23.3 Å². The molecule has 2 aromatic carbocycles. The minimum Gasteiger partial charge on any atom is -0.493 e. The Morgan fingerprint density at radius 2 is 1.90 bits per heavy atom. The van der Waals surface area contributed by atoms with Crippen LogP contribution in [0.1, 0.15) is 44.4 Å². The number of carbonyl (C=O) groups excluding carboxylic acids is 1. The number of benzene rings is 2. The van der Waals surface area contributed by atoms with E-state index in [9.17, 15) is 9.59 Å². The average molecular weight is 601 g/mol. The van der Waals surface area contributed by atoms with Crippen LogP contribution < -0.4 is 29.1 Å². The number of aromatic nitrogens is 1. The second kappa shape index (κ2) is 13.8. The second-order valence-electron chi connectivity index (χ2n) is 9.05. The van der Waals surface area contributed by atoms with Gasteiger partial charge in [-0.15, -0.1) is 0 Å². The van der Waals surface area contributed by atoms with Crippen LogP contribution in [0, 0.1) is 0 Å². The number of nitrogens with zero attached hydrogens (tertiary/aromatic N) is 2. The minimum absolute atomic E-state index is 0.0506. The number of methoxy groups -OCH3 is 2. The van der Waals surface area contributed by atoms with Crippen molar-refractivity contribution in [1.82, 2.24) is 4.57 Å². The van der Waals surface area contributed by atoms with Gasteiger partial charge in [-0.05, 0) is 50.6 Å². The maximum atomic E-state index is 14.1. The first kappa shape index (κ1) is 30.4. The molecule has 11 heteroatoms. The Morgan fingerprint density at radius 3 is 2.61 bits per heavy atom. The molecule has 1 aliphatic heterocycles. The van der Waals surface area contributed by atoms with Gasteiger partial charge in [-0.2, -0.15) is 0 Å². The summed E-state index contributed by atoms with van der Waals surface area (Å²) in [6.45, 7) is 6.75. The van der Waals surface area contributed by atoms with Crippen molar-refractivity contribution in [2.45, 2.75) is 33.2 Å². The number of thiazole rings is 1. The standard InChI is InChI=1S/C30H33ClN2O7S/c1-6-13-39-22-12-11-20(31)16-19(22)17-24-28(34)33-26(21-9-8-10-23(37-5)27(21)38-7-2)25(18(3)32-30(33)41-24)29(35)40-15-14-36-4/h8-12,16-17,26H,6-7,13-15H2,1-5H3/b24-17+/t26-/m1/s1. The smallest absolute Gasteiger partial charge is 0.338 e. The van der Waals surface area contributed by atoms with Crippen molar-refractivity contribution in [3.05, 3.63) is 83.5 Å². The monoisotopic (exact) mass is 600 g/mol. The van der Waals surface area contributed by atoms with Gasteiger partial charge in [-0.1, -0.05) is 42.0 Å². The van der Waals surface area contributed by atoms with E-state index in [0.29, 0.717) is 61.6 Å². The summed E-state index contributed by atoms with van der Waals surface area (Å²) in [6, 6.07) is 9.77. The first-order valence-electron chi connectivity index (χ1n) is 13.2. The third kappa shape index (κ3) is 6.50. The molecule has 41 heavy (non-hydrogen) atoms. The van der Waals surface area contributed by atoms with Gasteiger partial charge < -0.3 is 23.7 Å². The number of carbonyl (C=O) groups is 1. The molecule has 0 spiro atoms. The van der Waals surface area contributed by atoms with E-state index in [1.807, 2.05) is 19.9 Å². The third-order valence-electron chi connectivity index (χ3n) is 6.29. The Morgan fingerprint density at radius 1 is 1.10 bits per heavy atom. The van der Waals surface area contributed by atoms with Crippen LogP contribution in [0.3, 0.4) is 0 Å². The summed E-state index contributed by atoms with van der Waals surface area (Å²) in [5.41, 5.74) is 1.56. The van der Waals surface area contributed by atoms with E-state index in [0.717, 1.165) is 6.42 Å². The molecule has 0 bridgehead atoms. The molecule has 3 aromatic rings. The molecule has 0 amide bonds. The lowest BCUT2D eigenvalue weighted by atomic mass is 9.94. The predicted molar refractivity (Wildman–Crippen MR) is 158 cm³/mol. The number of allylic oxidation sites excluding steroid dienone is 1. The van der Waals surface area contributed by atoms with Crippen LogP contribution in [0.15, 0.2) is 57.5 Å². The first-order valence-corrected chi connectivity index (χ1v) is 14.4. The van der Waals surface area contributed by atoms with Crippen molar-refractivity contribution in [3.8, 4) is 17.2 Å². The lowest BCUT2D eigenvalue weighted by molar-refractivity contribution is -0.140. The summed E-state index contributed by atoms with van der Waals surface area (Å²) in [5, 5.41) is 0.514. The maximum Gasteiger partial charge on any atom is 0.338 e. The second-order valence-corrected chi connectivity index (χ2v) is 10.5. The van der Waals surface area contributed by atoms with E-state index < -0.39 is 12.0 Å². The number of rotatable bonds is 12. The Bertz CT molecular complexity index is 1630. The number of halogens is 1. The molecular weight excluding hydrogens is 568 g/mol. The molecule has 218 valence electrons. The van der Waals surface area contributed by atoms with Gasteiger partial charge in [0.25, 0.3) is 5.56 Å². The molecule has 0 aliphatic carbocycles. The van der Waals surface area contributed by atoms with Crippen LogP contribution in [0.5, 0.6) is 17.2 Å². The molecule has 1 atom stereocenters. The highest BCUT2D eigenvalue weighted by molar-refractivity contribution is 7.07.